The maximum absolute atomic E-state index is 13.5. The number of likely N-dealkylation sites (tertiary alicyclic amines) is 1. The van der Waals surface area contributed by atoms with E-state index in [2.05, 4.69) is 4.90 Å². The first-order valence-electron chi connectivity index (χ1n) is 10.9. The van der Waals surface area contributed by atoms with Crippen molar-refractivity contribution in [2.24, 2.45) is 5.41 Å². The van der Waals surface area contributed by atoms with E-state index in [1.165, 1.54) is 4.90 Å². The molecule has 2 fully saturated rings. The number of Topliss-reactive ketones (excluding diaryl/α,β-unsaturated/α-hetero) is 1. The highest BCUT2D eigenvalue weighted by molar-refractivity contribution is 6.05. The molecule has 1 aromatic carbocycles. The molecule has 0 saturated carbocycles. The van der Waals surface area contributed by atoms with E-state index in [4.69, 9.17) is 9.72 Å². The number of anilines is 1. The molecule has 1 unspecified atom stereocenters. The largest absolute Gasteiger partial charge is 0.465 e. The van der Waals surface area contributed by atoms with Crippen LogP contribution in [0.25, 0.3) is 6.08 Å². The Labute approximate surface area is 188 Å². The lowest BCUT2D eigenvalue weighted by Gasteiger charge is -2.45. The Kier molecular flexibility index (Phi) is 6.28. The Balaban J connectivity index is 1.63. The van der Waals surface area contributed by atoms with Gasteiger partial charge in [0.05, 0.1) is 31.5 Å². The zero-order valence-corrected chi connectivity index (χ0v) is 18.5. The molecule has 0 aliphatic carbocycles. The predicted octanol–water partition coefficient (Wildman–Crippen LogP) is 3.50. The SMILES string of the molecule is CC1(C)C(=O)C(=Cc2cccc(N3CCOCC3)n2)CN(C(=O)O)C1Cc1ccccc1. The molecule has 1 aromatic heterocycles. The molecule has 1 atom stereocenters. The van der Waals surface area contributed by atoms with Gasteiger partial charge < -0.3 is 14.7 Å². The number of carboxylic acid groups (broad SMARTS) is 1. The number of hydrogen-bond acceptors (Lipinski definition) is 5. The second-order valence-electron chi connectivity index (χ2n) is 8.86. The molecule has 0 radical (unpaired) electrons. The summed E-state index contributed by atoms with van der Waals surface area (Å²) in [5.41, 5.74) is 1.27. The molecule has 3 heterocycles. The van der Waals surface area contributed by atoms with Crippen LogP contribution >= 0.6 is 0 Å². The molecule has 0 bridgehead atoms. The van der Waals surface area contributed by atoms with Crippen LogP contribution in [0.1, 0.15) is 25.1 Å². The molecule has 32 heavy (non-hydrogen) atoms. The molecular weight excluding hydrogens is 406 g/mol. The Hall–Kier alpha value is -3.19. The smallest absolute Gasteiger partial charge is 0.407 e. The molecule has 1 N–H and O–H groups in total. The normalized spacial score (nSPS) is 22.2. The molecule has 7 nitrogen and oxygen atoms in total. The molecule has 0 spiro atoms. The van der Waals surface area contributed by atoms with Gasteiger partial charge in [-0.25, -0.2) is 9.78 Å². The summed E-state index contributed by atoms with van der Waals surface area (Å²) in [5.74, 6) is 0.803. The van der Waals surface area contributed by atoms with E-state index in [9.17, 15) is 14.7 Å². The Bertz CT molecular complexity index is 1010. The van der Waals surface area contributed by atoms with E-state index >= 15 is 0 Å². The fraction of sp³-hybridized carbons (Fsp3) is 0.400. The highest BCUT2D eigenvalue weighted by Crippen LogP contribution is 2.37. The highest BCUT2D eigenvalue weighted by atomic mass is 16.5. The fourth-order valence-corrected chi connectivity index (χ4v) is 4.50. The molecule has 2 aromatic rings. The maximum Gasteiger partial charge on any atom is 0.407 e. The maximum atomic E-state index is 13.5. The van der Waals surface area contributed by atoms with Gasteiger partial charge in [0.2, 0.25) is 0 Å². The summed E-state index contributed by atoms with van der Waals surface area (Å²) in [6.45, 7) is 6.59. The van der Waals surface area contributed by atoms with Gasteiger partial charge in [-0.2, -0.15) is 0 Å². The van der Waals surface area contributed by atoms with Crippen molar-refractivity contribution in [1.29, 1.82) is 0 Å². The third kappa shape index (κ3) is 4.53. The topological polar surface area (TPSA) is 83.0 Å². The summed E-state index contributed by atoms with van der Waals surface area (Å²) < 4.78 is 5.41. The van der Waals surface area contributed by atoms with Gasteiger partial charge in [0.15, 0.2) is 5.78 Å². The van der Waals surface area contributed by atoms with Crippen molar-refractivity contribution in [3.63, 3.8) is 0 Å². The zero-order valence-electron chi connectivity index (χ0n) is 18.5. The number of ether oxygens (including phenoxy) is 1. The number of hydrogen-bond donors (Lipinski definition) is 1. The second kappa shape index (κ2) is 9.12. The first kappa shape index (κ1) is 22.0. The molecule has 7 heteroatoms. The van der Waals surface area contributed by atoms with Crippen molar-refractivity contribution in [2.45, 2.75) is 26.3 Å². The van der Waals surface area contributed by atoms with Gasteiger partial charge in [-0.05, 0) is 30.2 Å². The first-order valence-corrected chi connectivity index (χ1v) is 10.9. The number of ketones is 1. The van der Waals surface area contributed by atoms with Crippen LogP contribution in [0.5, 0.6) is 0 Å². The average molecular weight is 436 g/mol. The summed E-state index contributed by atoms with van der Waals surface area (Å²) in [6, 6.07) is 15.0. The Morgan fingerprint density at radius 3 is 2.56 bits per heavy atom. The van der Waals surface area contributed by atoms with E-state index in [0.29, 0.717) is 30.9 Å². The van der Waals surface area contributed by atoms with Crippen molar-refractivity contribution in [3.8, 4) is 0 Å². The van der Waals surface area contributed by atoms with Crippen LogP contribution in [0.3, 0.4) is 0 Å². The van der Waals surface area contributed by atoms with E-state index < -0.39 is 17.6 Å². The summed E-state index contributed by atoms with van der Waals surface area (Å²) in [6.07, 6.45) is 1.21. The lowest BCUT2D eigenvalue weighted by Crippen LogP contribution is -2.58. The van der Waals surface area contributed by atoms with E-state index in [-0.39, 0.29) is 12.3 Å². The third-order valence-corrected chi connectivity index (χ3v) is 6.36. The first-order chi connectivity index (χ1) is 15.4. The fourth-order valence-electron chi connectivity index (χ4n) is 4.50. The monoisotopic (exact) mass is 435 g/mol. The number of carbonyl (C=O) groups is 2. The molecule has 2 aliphatic rings. The van der Waals surface area contributed by atoms with Crippen LogP contribution in [0.4, 0.5) is 10.6 Å². The Morgan fingerprint density at radius 2 is 1.88 bits per heavy atom. The van der Waals surface area contributed by atoms with Crippen molar-refractivity contribution < 1.29 is 19.4 Å². The van der Waals surface area contributed by atoms with Crippen LogP contribution in [0, 0.1) is 5.41 Å². The number of pyridine rings is 1. The van der Waals surface area contributed by atoms with Gasteiger partial charge in [-0.3, -0.25) is 9.69 Å². The second-order valence-corrected chi connectivity index (χ2v) is 8.86. The van der Waals surface area contributed by atoms with Crippen molar-refractivity contribution in [1.82, 2.24) is 9.88 Å². The van der Waals surface area contributed by atoms with Gasteiger partial charge >= 0.3 is 6.09 Å². The van der Waals surface area contributed by atoms with Gasteiger partial charge in [0.1, 0.15) is 5.82 Å². The number of nitrogens with zero attached hydrogens (tertiary/aromatic N) is 3. The van der Waals surface area contributed by atoms with Gasteiger partial charge in [0.25, 0.3) is 0 Å². The number of carbonyl (C=O) groups excluding carboxylic acids is 1. The van der Waals surface area contributed by atoms with Gasteiger partial charge in [-0.1, -0.05) is 50.2 Å². The van der Waals surface area contributed by atoms with Gasteiger partial charge in [-0.15, -0.1) is 0 Å². The van der Waals surface area contributed by atoms with E-state index in [0.717, 1.165) is 24.5 Å². The van der Waals surface area contributed by atoms with Crippen molar-refractivity contribution in [3.05, 3.63) is 65.4 Å². The third-order valence-electron chi connectivity index (χ3n) is 6.36. The highest BCUT2D eigenvalue weighted by Gasteiger charge is 2.47. The van der Waals surface area contributed by atoms with E-state index in [1.807, 2.05) is 62.4 Å². The number of amides is 1. The lowest BCUT2D eigenvalue weighted by atomic mass is 9.71. The van der Waals surface area contributed by atoms with Crippen molar-refractivity contribution in [2.75, 3.05) is 37.7 Å². The van der Waals surface area contributed by atoms with Crippen molar-refractivity contribution >= 4 is 23.8 Å². The zero-order chi connectivity index (χ0) is 22.7. The summed E-state index contributed by atoms with van der Waals surface area (Å²) in [5, 5.41) is 9.96. The van der Waals surface area contributed by atoms with Crippen LogP contribution in [-0.2, 0) is 16.0 Å². The minimum atomic E-state index is -1.02. The number of benzene rings is 1. The molecule has 2 saturated heterocycles. The minimum Gasteiger partial charge on any atom is -0.465 e. The van der Waals surface area contributed by atoms with Crippen LogP contribution in [0.15, 0.2) is 54.1 Å². The number of aromatic nitrogens is 1. The molecule has 168 valence electrons. The van der Waals surface area contributed by atoms with Crippen LogP contribution in [0.2, 0.25) is 0 Å². The van der Waals surface area contributed by atoms with Crippen LogP contribution < -0.4 is 4.90 Å². The number of piperidine rings is 1. The number of rotatable bonds is 4. The predicted molar refractivity (Wildman–Crippen MR) is 123 cm³/mol. The standard InChI is InChI=1S/C25H29N3O4/c1-25(2)21(15-18-7-4-3-5-8-18)28(24(30)31)17-19(23(25)29)16-20-9-6-10-22(26-20)27-11-13-32-14-12-27/h3-10,16,21H,11-15,17H2,1-2H3,(H,30,31). The molecule has 2 aliphatic heterocycles. The van der Waals surface area contributed by atoms with Gasteiger partial charge in [0, 0.05) is 24.1 Å². The molecule has 4 rings (SSSR count). The molecular formula is C25H29N3O4. The average Bonchev–Trinajstić information content (AvgIpc) is 2.80. The minimum absolute atomic E-state index is 0.0329. The lowest BCUT2D eigenvalue weighted by molar-refractivity contribution is -0.129. The molecule has 1 amide bonds. The van der Waals surface area contributed by atoms with E-state index in [1.54, 1.807) is 6.08 Å². The van der Waals surface area contributed by atoms with Crippen LogP contribution in [-0.4, -0.2) is 65.8 Å². The Morgan fingerprint density at radius 1 is 1.16 bits per heavy atom. The summed E-state index contributed by atoms with van der Waals surface area (Å²) in [4.78, 5) is 33.9. The summed E-state index contributed by atoms with van der Waals surface area (Å²) >= 11 is 0. The quantitative estimate of drug-likeness (QED) is 0.740. The summed E-state index contributed by atoms with van der Waals surface area (Å²) in [7, 11) is 0. The number of morpholine rings is 1.